The quantitative estimate of drug-likeness (QED) is 0.755. The largest absolute Gasteiger partial charge is 0.421 e. The van der Waals surface area contributed by atoms with Gasteiger partial charge >= 0.3 is 0 Å². The number of nitrogens with one attached hydrogen (secondary N) is 1. The van der Waals surface area contributed by atoms with Crippen LogP contribution in [-0.4, -0.2) is 33.9 Å². The van der Waals surface area contributed by atoms with Crippen molar-refractivity contribution in [2.24, 2.45) is 11.3 Å². The second-order valence-electron chi connectivity index (χ2n) is 6.86. The molecule has 1 unspecified atom stereocenters. The Bertz CT molecular complexity index is 518. The molecule has 0 spiro atoms. The zero-order valence-electron chi connectivity index (χ0n) is 14.3. The minimum Gasteiger partial charge on any atom is -0.421 e. The number of hydrogen-bond acceptors (Lipinski definition) is 5. The van der Waals surface area contributed by atoms with Crippen LogP contribution in [0.4, 0.5) is 0 Å². The molecule has 2 N–H and O–H groups in total. The highest BCUT2D eigenvalue weighted by atomic mass is 16.4. The minimum absolute atomic E-state index is 0.135. The van der Waals surface area contributed by atoms with Crippen molar-refractivity contribution in [1.82, 2.24) is 15.5 Å². The van der Waals surface area contributed by atoms with Gasteiger partial charge in [-0.1, -0.05) is 41.5 Å². The molecule has 0 saturated heterocycles. The lowest BCUT2D eigenvalue weighted by Crippen LogP contribution is -2.43. The highest BCUT2D eigenvalue weighted by Gasteiger charge is 2.30. The summed E-state index contributed by atoms with van der Waals surface area (Å²) >= 11 is 0. The van der Waals surface area contributed by atoms with Gasteiger partial charge in [0.2, 0.25) is 17.7 Å². The van der Waals surface area contributed by atoms with Gasteiger partial charge in [-0.3, -0.25) is 4.79 Å². The molecule has 0 aromatic carbocycles. The van der Waals surface area contributed by atoms with Crippen LogP contribution in [-0.2, 0) is 4.79 Å². The number of nitrogens with zero attached hydrogens (tertiary/aromatic N) is 2. The molecule has 22 heavy (non-hydrogen) atoms. The predicted octanol–water partition coefficient (Wildman–Crippen LogP) is 2.37. The van der Waals surface area contributed by atoms with Crippen LogP contribution in [0.3, 0.4) is 0 Å². The van der Waals surface area contributed by atoms with Crippen LogP contribution >= 0.6 is 0 Å². The van der Waals surface area contributed by atoms with Gasteiger partial charge in [0.15, 0.2) is 0 Å². The van der Waals surface area contributed by atoms with Crippen LogP contribution in [0.1, 0.15) is 59.2 Å². The smallest absolute Gasteiger partial charge is 0.244 e. The van der Waals surface area contributed by atoms with Gasteiger partial charge in [-0.2, -0.15) is 0 Å². The third-order valence-electron chi connectivity index (χ3n) is 3.48. The first kappa shape index (κ1) is 18.4. The van der Waals surface area contributed by atoms with Crippen LogP contribution < -0.4 is 5.32 Å². The molecule has 0 radical (unpaired) electrons. The summed E-state index contributed by atoms with van der Waals surface area (Å²) < 4.78 is 5.38. The zero-order valence-corrected chi connectivity index (χ0v) is 14.3. The van der Waals surface area contributed by atoms with Crippen molar-refractivity contribution < 1.29 is 14.3 Å². The molecule has 1 amide bonds. The summed E-state index contributed by atoms with van der Waals surface area (Å²) in [6.07, 6.45) is 2.36. The van der Waals surface area contributed by atoms with Crippen molar-refractivity contribution >= 4 is 12.0 Å². The summed E-state index contributed by atoms with van der Waals surface area (Å²) in [4.78, 5) is 11.8. The predicted molar refractivity (Wildman–Crippen MR) is 85.1 cm³/mol. The van der Waals surface area contributed by atoms with Crippen molar-refractivity contribution in [3.8, 4) is 0 Å². The number of carbonyl (C=O) groups is 1. The van der Waals surface area contributed by atoms with Gasteiger partial charge in [-0.05, 0) is 5.92 Å². The van der Waals surface area contributed by atoms with Crippen LogP contribution in [0.5, 0.6) is 0 Å². The molecule has 1 atom stereocenters. The highest BCUT2D eigenvalue weighted by molar-refractivity contribution is 5.91. The maximum Gasteiger partial charge on any atom is 0.244 e. The summed E-state index contributed by atoms with van der Waals surface area (Å²) in [6, 6.07) is 0. The van der Waals surface area contributed by atoms with Crippen molar-refractivity contribution in [1.29, 1.82) is 0 Å². The molecule has 124 valence electrons. The van der Waals surface area contributed by atoms with Crippen molar-refractivity contribution in [3.05, 3.63) is 17.9 Å². The standard InChI is InChI=1S/C16H27N3O3/c1-10(2)14(21)16(5,6)9-17-12(20)7-8-13-18-19-15(22-13)11(3)4/h7-8,10-11,14,21H,9H2,1-6H3,(H,17,20)/b8-7+. The maximum absolute atomic E-state index is 11.8. The van der Waals surface area contributed by atoms with Crippen LogP contribution in [0.25, 0.3) is 6.08 Å². The Morgan fingerprint density at radius 1 is 1.32 bits per heavy atom. The van der Waals surface area contributed by atoms with Crippen LogP contribution in [0, 0.1) is 11.3 Å². The fraction of sp³-hybridized carbons (Fsp3) is 0.688. The molecule has 0 saturated carbocycles. The van der Waals surface area contributed by atoms with Crippen molar-refractivity contribution in [2.45, 2.75) is 53.6 Å². The van der Waals surface area contributed by atoms with Gasteiger partial charge in [0.1, 0.15) is 0 Å². The van der Waals surface area contributed by atoms with Gasteiger partial charge in [0.25, 0.3) is 0 Å². The molecule has 1 aromatic rings. The molecular formula is C16H27N3O3. The average molecular weight is 309 g/mol. The van der Waals surface area contributed by atoms with Gasteiger partial charge < -0.3 is 14.8 Å². The zero-order chi connectivity index (χ0) is 16.9. The van der Waals surface area contributed by atoms with E-state index in [4.69, 9.17) is 4.42 Å². The van der Waals surface area contributed by atoms with Gasteiger partial charge in [0, 0.05) is 30.0 Å². The molecule has 6 nitrogen and oxygen atoms in total. The van der Waals surface area contributed by atoms with Crippen molar-refractivity contribution in [3.63, 3.8) is 0 Å². The summed E-state index contributed by atoms with van der Waals surface area (Å²) in [5.74, 6) is 0.881. The SMILES string of the molecule is CC(C)c1nnc(/C=C/C(=O)NCC(C)(C)C(O)C(C)C)o1. The molecule has 0 aliphatic heterocycles. The van der Waals surface area contributed by atoms with Gasteiger partial charge in [0.05, 0.1) is 6.10 Å². The molecule has 0 aliphatic carbocycles. The minimum atomic E-state index is -0.485. The van der Waals surface area contributed by atoms with E-state index >= 15 is 0 Å². The van der Waals surface area contributed by atoms with E-state index in [9.17, 15) is 9.90 Å². The molecule has 0 fully saturated rings. The van der Waals surface area contributed by atoms with Gasteiger partial charge in [-0.25, -0.2) is 0 Å². The van der Waals surface area contributed by atoms with Gasteiger partial charge in [-0.15, -0.1) is 10.2 Å². The van der Waals surface area contributed by atoms with E-state index in [-0.39, 0.29) is 17.7 Å². The number of aliphatic hydroxyl groups is 1. The fourth-order valence-electron chi connectivity index (χ4n) is 2.07. The number of amides is 1. The molecule has 1 rings (SSSR count). The van der Waals surface area contributed by atoms with E-state index in [1.165, 1.54) is 12.2 Å². The van der Waals surface area contributed by atoms with E-state index < -0.39 is 11.5 Å². The maximum atomic E-state index is 11.8. The summed E-state index contributed by atoms with van der Waals surface area (Å²) in [5.41, 5.74) is -0.396. The molecule has 0 aliphatic rings. The van der Waals surface area contributed by atoms with E-state index in [1.807, 2.05) is 41.5 Å². The Balaban J connectivity index is 2.53. The average Bonchev–Trinajstić information content (AvgIpc) is 2.91. The number of aliphatic hydroxyl groups excluding tert-OH is 1. The van der Waals surface area contributed by atoms with E-state index in [0.29, 0.717) is 18.3 Å². The first-order valence-electron chi connectivity index (χ1n) is 7.61. The second kappa shape index (κ2) is 7.54. The lowest BCUT2D eigenvalue weighted by Gasteiger charge is -2.33. The Hall–Kier alpha value is -1.69. The van der Waals surface area contributed by atoms with Crippen LogP contribution in [0.15, 0.2) is 10.5 Å². The van der Waals surface area contributed by atoms with Crippen LogP contribution in [0.2, 0.25) is 0 Å². The first-order chi connectivity index (χ1) is 10.1. The van der Waals surface area contributed by atoms with E-state index in [0.717, 1.165) is 0 Å². The highest BCUT2D eigenvalue weighted by Crippen LogP contribution is 2.25. The topological polar surface area (TPSA) is 88.2 Å². The lowest BCUT2D eigenvalue weighted by atomic mass is 9.81. The third-order valence-corrected chi connectivity index (χ3v) is 3.48. The number of rotatable bonds is 7. The summed E-state index contributed by atoms with van der Waals surface area (Å²) in [6.45, 7) is 12.1. The first-order valence-corrected chi connectivity index (χ1v) is 7.61. The Morgan fingerprint density at radius 3 is 2.45 bits per heavy atom. The fourth-order valence-corrected chi connectivity index (χ4v) is 2.07. The summed E-state index contributed by atoms with van der Waals surface area (Å²) in [7, 11) is 0. The van der Waals surface area contributed by atoms with Crippen molar-refractivity contribution in [2.75, 3.05) is 6.54 Å². The lowest BCUT2D eigenvalue weighted by molar-refractivity contribution is -0.117. The third kappa shape index (κ3) is 5.26. The number of hydrogen-bond donors (Lipinski definition) is 2. The molecule has 0 bridgehead atoms. The number of carbonyl (C=O) groups excluding carboxylic acids is 1. The number of aromatic nitrogens is 2. The molecule has 1 heterocycles. The Labute approximate surface area is 132 Å². The monoisotopic (exact) mass is 309 g/mol. The Kier molecular flexibility index (Phi) is 6.29. The molecule has 1 aromatic heterocycles. The van der Waals surface area contributed by atoms with E-state index in [1.54, 1.807) is 0 Å². The Morgan fingerprint density at radius 2 is 1.95 bits per heavy atom. The molecule has 6 heteroatoms. The molecular weight excluding hydrogens is 282 g/mol. The summed E-state index contributed by atoms with van der Waals surface area (Å²) in [5, 5.41) is 20.6. The normalized spacial score (nSPS) is 14.0. The second-order valence-corrected chi connectivity index (χ2v) is 6.86. The van der Waals surface area contributed by atoms with E-state index in [2.05, 4.69) is 15.5 Å².